The van der Waals surface area contributed by atoms with Crippen molar-refractivity contribution in [1.82, 2.24) is 0 Å². The van der Waals surface area contributed by atoms with Gasteiger partial charge in [0, 0.05) is 12.8 Å². The Morgan fingerprint density at radius 3 is 2.11 bits per heavy atom. The summed E-state index contributed by atoms with van der Waals surface area (Å²) in [5.41, 5.74) is 1.15. The minimum Gasteiger partial charge on any atom is -0.261 e. The molecule has 0 spiro atoms. The van der Waals surface area contributed by atoms with Gasteiger partial charge in [0.25, 0.3) is 0 Å². The average Bonchev–Trinajstić information content (AvgIpc) is 1.90. The maximum Gasteiger partial charge on any atom is 0.149 e. The third-order valence-electron chi connectivity index (χ3n) is 2.25. The molecule has 0 aromatic heterocycles. The first-order valence-corrected chi connectivity index (χ1v) is 3.89. The van der Waals surface area contributed by atoms with Crippen LogP contribution in [0.5, 0.6) is 0 Å². The van der Waals surface area contributed by atoms with Crippen LogP contribution in [0.15, 0.2) is 0 Å². The van der Waals surface area contributed by atoms with Gasteiger partial charge in [-0.05, 0) is 12.8 Å². The highest BCUT2D eigenvalue weighted by Gasteiger charge is 2.17. The zero-order valence-electron chi connectivity index (χ0n) is 6.19. The van der Waals surface area contributed by atoms with Crippen LogP contribution in [0, 0.1) is 5.92 Å². The summed E-state index contributed by atoms with van der Waals surface area (Å²) in [7, 11) is 0. The van der Waals surface area contributed by atoms with Crippen molar-refractivity contribution in [2.75, 3.05) is 0 Å². The average molecular weight is 126 g/mol. The SMILES string of the molecule is CC(=[NH2+])C1CCCCC1. The number of nitrogens with two attached hydrogens (primary N) is 1. The zero-order chi connectivity index (χ0) is 6.69. The van der Waals surface area contributed by atoms with E-state index in [1.807, 2.05) is 0 Å². The van der Waals surface area contributed by atoms with Crippen LogP contribution in [0.25, 0.3) is 0 Å². The number of rotatable bonds is 1. The van der Waals surface area contributed by atoms with Crippen LogP contribution in [-0.4, -0.2) is 5.71 Å². The van der Waals surface area contributed by atoms with E-state index >= 15 is 0 Å². The Labute approximate surface area is 57.0 Å². The Bertz CT molecular complexity index is 101. The molecule has 52 valence electrons. The Morgan fingerprint density at radius 2 is 1.78 bits per heavy atom. The van der Waals surface area contributed by atoms with E-state index in [-0.39, 0.29) is 0 Å². The summed E-state index contributed by atoms with van der Waals surface area (Å²) in [6, 6.07) is 0. The van der Waals surface area contributed by atoms with Crippen molar-refractivity contribution in [2.45, 2.75) is 39.0 Å². The van der Waals surface area contributed by atoms with E-state index in [1.54, 1.807) is 0 Å². The first-order chi connectivity index (χ1) is 4.30. The molecule has 0 aliphatic heterocycles. The van der Waals surface area contributed by atoms with Crippen LogP contribution >= 0.6 is 0 Å². The molecule has 0 bridgehead atoms. The normalized spacial score (nSPS) is 21.9. The summed E-state index contributed by atoms with van der Waals surface area (Å²) in [6.07, 6.45) is 6.87. The Balaban J connectivity index is 2.31. The van der Waals surface area contributed by atoms with E-state index < -0.39 is 0 Å². The van der Waals surface area contributed by atoms with Crippen molar-refractivity contribution < 1.29 is 5.41 Å². The first kappa shape index (κ1) is 6.79. The van der Waals surface area contributed by atoms with Crippen molar-refractivity contribution in [1.29, 1.82) is 0 Å². The summed E-state index contributed by atoms with van der Waals surface area (Å²) in [4.78, 5) is 0. The summed E-state index contributed by atoms with van der Waals surface area (Å²) >= 11 is 0. The van der Waals surface area contributed by atoms with Gasteiger partial charge in [0.15, 0.2) is 0 Å². The van der Waals surface area contributed by atoms with Crippen LogP contribution in [0.3, 0.4) is 0 Å². The van der Waals surface area contributed by atoms with Gasteiger partial charge in [-0.1, -0.05) is 19.3 Å². The molecule has 0 saturated heterocycles. The minimum atomic E-state index is 0.749. The van der Waals surface area contributed by atoms with Gasteiger partial charge in [0.05, 0.1) is 0 Å². The van der Waals surface area contributed by atoms with E-state index in [0.717, 1.165) is 11.6 Å². The molecule has 1 saturated carbocycles. The second-order valence-corrected chi connectivity index (χ2v) is 3.08. The van der Waals surface area contributed by atoms with Gasteiger partial charge in [-0.2, -0.15) is 0 Å². The molecule has 0 atom stereocenters. The maximum absolute atomic E-state index is 5.68. The van der Waals surface area contributed by atoms with Gasteiger partial charge in [0.2, 0.25) is 0 Å². The summed E-state index contributed by atoms with van der Waals surface area (Å²) in [6.45, 7) is 2.05. The molecule has 1 nitrogen and oxygen atoms in total. The highest BCUT2D eigenvalue weighted by Crippen LogP contribution is 2.23. The predicted molar refractivity (Wildman–Crippen MR) is 39.2 cm³/mol. The molecule has 0 heterocycles. The molecule has 2 N–H and O–H groups in total. The Kier molecular flexibility index (Phi) is 2.26. The van der Waals surface area contributed by atoms with Crippen molar-refractivity contribution in [3.63, 3.8) is 0 Å². The van der Waals surface area contributed by atoms with Gasteiger partial charge in [0.1, 0.15) is 5.71 Å². The Morgan fingerprint density at radius 1 is 1.22 bits per heavy atom. The Hall–Kier alpha value is -0.330. The molecule has 0 aromatic carbocycles. The third-order valence-corrected chi connectivity index (χ3v) is 2.25. The highest BCUT2D eigenvalue weighted by molar-refractivity contribution is 5.78. The van der Waals surface area contributed by atoms with Gasteiger partial charge < -0.3 is 0 Å². The smallest absolute Gasteiger partial charge is 0.149 e. The van der Waals surface area contributed by atoms with Gasteiger partial charge in [-0.25, -0.2) is 0 Å². The lowest BCUT2D eigenvalue weighted by molar-refractivity contribution is -0.121. The summed E-state index contributed by atoms with van der Waals surface area (Å²) < 4.78 is 0. The van der Waals surface area contributed by atoms with E-state index in [2.05, 4.69) is 6.92 Å². The van der Waals surface area contributed by atoms with Gasteiger partial charge in [-0.3, -0.25) is 5.41 Å². The zero-order valence-corrected chi connectivity index (χ0v) is 6.19. The largest absolute Gasteiger partial charge is 0.261 e. The topological polar surface area (TPSA) is 25.6 Å². The number of hydrogen-bond donors (Lipinski definition) is 1. The lowest BCUT2D eigenvalue weighted by Gasteiger charge is -2.16. The molecule has 9 heavy (non-hydrogen) atoms. The van der Waals surface area contributed by atoms with E-state index in [0.29, 0.717) is 0 Å². The van der Waals surface area contributed by atoms with Crippen molar-refractivity contribution in [2.24, 2.45) is 5.92 Å². The van der Waals surface area contributed by atoms with Crippen LogP contribution in [-0.2, 0) is 0 Å². The van der Waals surface area contributed by atoms with E-state index in [1.165, 1.54) is 32.1 Å². The quantitative estimate of drug-likeness (QED) is 0.503. The standard InChI is InChI=1S/C8H15N/c1-7(9)8-5-3-2-4-6-8/h8-9H,2-6H2,1H3/p+1. The second-order valence-electron chi connectivity index (χ2n) is 3.08. The first-order valence-electron chi connectivity index (χ1n) is 3.89. The van der Waals surface area contributed by atoms with Crippen molar-refractivity contribution in [3.8, 4) is 0 Å². The van der Waals surface area contributed by atoms with Crippen LogP contribution in [0.1, 0.15) is 39.0 Å². The molecule has 0 aromatic rings. The maximum atomic E-state index is 5.68. The third kappa shape index (κ3) is 1.81. The lowest BCUT2D eigenvalue weighted by atomic mass is 9.86. The van der Waals surface area contributed by atoms with Crippen molar-refractivity contribution in [3.05, 3.63) is 0 Å². The fourth-order valence-corrected chi connectivity index (χ4v) is 1.56. The molecular weight excluding hydrogens is 110 g/mol. The highest BCUT2D eigenvalue weighted by atomic mass is 14.4. The van der Waals surface area contributed by atoms with Gasteiger partial charge in [-0.15, -0.1) is 0 Å². The van der Waals surface area contributed by atoms with Crippen LogP contribution < -0.4 is 5.41 Å². The molecular formula is C8H16N+. The van der Waals surface area contributed by atoms with E-state index in [9.17, 15) is 0 Å². The van der Waals surface area contributed by atoms with Gasteiger partial charge >= 0.3 is 0 Å². The fourth-order valence-electron chi connectivity index (χ4n) is 1.56. The molecule has 1 fully saturated rings. The van der Waals surface area contributed by atoms with Crippen LogP contribution in [0.2, 0.25) is 0 Å². The van der Waals surface area contributed by atoms with E-state index in [4.69, 9.17) is 5.41 Å². The van der Waals surface area contributed by atoms with Crippen molar-refractivity contribution >= 4 is 5.71 Å². The lowest BCUT2D eigenvalue weighted by Crippen LogP contribution is -2.42. The van der Waals surface area contributed by atoms with Crippen LogP contribution in [0.4, 0.5) is 0 Å². The predicted octanol–water partition coefficient (Wildman–Crippen LogP) is 0.787. The molecule has 1 aliphatic rings. The molecule has 1 aliphatic carbocycles. The molecule has 1 rings (SSSR count). The molecule has 1 heteroatoms. The molecule has 0 radical (unpaired) electrons. The fraction of sp³-hybridized carbons (Fsp3) is 0.875. The minimum absolute atomic E-state index is 0.749. The number of hydrogen-bond acceptors (Lipinski definition) is 0. The summed E-state index contributed by atoms with van der Waals surface area (Å²) in [5, 5.41) is 5.68. The monoisotopic (exact) mass is 126 g/mol. The second kappa shape index (κ2) is 3.00. The molecule has 0 amide bonds. The molecule has 0 unspecified atom stereocenters. The summed E-state index contributed by atoms with van der Waals surface area (Å²) in [5.74, 6) is 0.749.